The Bertz CT molecular complexity index is 453. The molecule has 15 heavy (non-hydrogen) atoms. The first kappa shape index (κ1) is 10.5. The number of fused-ring (bicyclic) bond motifs is 1. The van der Waals surface area contributed by atoms with Crippen molar-refractivity contribution in [2.75, 3.05) is 19.8 Å². The lowest BCUT2D eigenvalue weighted by molar-refractivity contribution is 0.326. The molecule has 0 fully saturated rings. The van der Waals surface area contributed by atoms with Gasteiger partial charge in [-0.05, 0) is 31.8 Å². The summed E-state index contributed by atoms with van der Waals surface area (Å²) in [7, 11) is 4.09. The van der Waals surface area contributed by atoms with Crippen molar-refractivity contribution in [1.82, 2.24) is 9.88 Å². The van der Waals surface area contributed by atoms with Gasteiger partial charge in [0.15, 0.2) is 12.0 Å². The van der Waals surface area contributed by atoms with Crippen LogP contribution in [0.2, 0.25) is 0 Å². The number of nitrogens with zero attached hydrogens (tertiary/aromatic N) is 2. The molecule has 0 saturated carbocycles. The fraction of sp³-hybridized carbons (Fsp3) is 0.364. The fourth-order valence-corrected chi connectivity index (χ4v) is 2.18. The molecule has 2 rings (SSSR count). The van der Waals surface area contributed by atoms with Crippen LogP contribution >= 0.6 is 12.6 Å². The van der Waals surface area contributed by atoms with Gasteiger partial charge in [0.05, 0.1) is 0 Å². The zero-order chi connectivity index (χ0) is 10.8. The molecule has 80 valence electrons. The van der Waals surface area contributed by atoms with Gasteiger partial charge in [0.2, 0.25) is 0 Å². The Morgan fingerprint density at radius 2 is 2.27 bits per heavy atom. The van der Waals surface area contributed by atoms with E-state index in [-0.39, 0.29) is 0 Å². The molecule has 0 radical (unpaired) electrons. The number of benzene rings is 1. The highest BCUT2D eigenvalue weighted by Gasteiger charge is 2.13. The third-order valence-corrected chi connectivity index (χ3v) is 2.88. The zero-order valence-electron chi connectivity index (χ0n) is 8.84. The van der Waals surface area contributed by atoms with E-state index in [1.165, 1.54) is 12.0 Å². The van der Waals surface area contributed by atoms with Crippen molar-refractivity contribution in [3.05, 3.63) is 30.2 Å². The van der Waals surface area contributed by atoms with Crippen molar-refractivity contribution in [2.45, 2.75) is 6.04 Å². The largest absolute Gasteiger partial charge is 0.443 e. The molecule has 1 heterocycles. The van der Waals surface area contributed by atoms with Crippen LogP contribution in [-0.2, 0) is 0 Å². The number of thiol groups is 1. The van der Waals surface area contributed by atoms with Gasteiger partial charge in [-0.2, -0.15) is 12.6 Å². The van der Waals surface area contributed by atoms with Gasteiger partial charge in [0.1, 0.15) is 5.52 Å². The molecule has 0 bridgehead atoms. The highest BCUT2D eigenvalue weighted by molar-refractivity contribution is 7.80. The minimum atomic E-state index is 0.308. The van der Waals surface area contributed by atoms with Crippen LogP contribution in [-0.4, -0.2) is 29.7 Å². The predicted molar refractivity (Wildman–Crippen MR) is 64.3 cm³/mol. The van der Waals surface area contributed by atoms with Crippen LogP contribution in [0, 0.1) is 0 Å². The summed E-state index contributed by atoms with van der Waals surface area (Å²) in [5.74, 6) is 0.784. The van der Waals surface area contributed by atoms with E-state index in [9.17, 15) is 0 Å². The molecule has 0 aliphatic carbocycles. The van der Waals surface area contributed by atoms with Gasteiger partial charge in [-0.25, -0.2) is 4.98 Å². The lowest BCUT2D eigenvalue weighted by atomic mass is 10.1. The summed E-state index contributed by atoms with van der Waals surface area (Å²) in [6, 6.07) is 6.39. The second kappa shape index (κ2) is 4.24. The van der Waals surface area contributed by atoms with E-state index in [1.807, 2.05) is 26.2 Å². The molecule has 1 atom stereocenters. The van der Waals surface area contributed by atoms with Gasteiger partial charge in [0.25, 0.3) is 0 Å². The molecule has 0 saturated heterocycles. The molecule has 1 unspecified atom stereocenters. The summed E-state index contributed by atoms with van der Waals surface area (Å²) >= 11 is 4.36. The van der Waals surface area contributed by atoms with Gasteiger partial charge in [0, 0.05) is 11.8 Å². The van der Waals surface area contributed by atoms with Gasteiger partial charge in [-0.3, -0.25) is 0 Å². The fourth-order valence-electron chi connectivity index (χ4n) is 1.65. The monoisotopic (exact) mass is 222 g/mol. The Morgan fingerprint density at radius 1 is 1.47 bits per heavy atom. The summed E-state index contributed by atoms with van der Waals surface area (Å²) in [6.45, 7) is 0. The second-order valence-corrected chi connectivity index (χ2v) is 4.11. The normalized spacial score (nSPS) is 13.6. The van der Waals surface area contributed by atoms with Crippen molar-refractivity contribution in [2.24, 2.45) is 0 Å². The first-order valence-corrected chi connectivity index (χ1v) is 5.46. The van der Waals surface area contributed by atoms with E-state index >= 15 is 0 Å². The van der Waals surface area contributed by atoms with E-state index in [0.29, 0.717) is 6.04 Å². The number of hydrogen-bond donors (Lipinski definition) is 1. The van der Waals surface area contributed by atoms with E-state index in [2.05, 4.69) is 28.6 Å². The van der Waals surface area contributed by atoms with Crippen LogP contribution in [0.25, 0.3) is 11.1 Å². The maximum Gasteiger partial charge on any atom is 0.181 e. The number of hydrogen-bond acceptors (Lipinski definition) is 4. The van der Waals surface area contributed by atoms with Gasteiger partial charge < -0.3 is 9.32 Å². The number of oxazole rings is 1. The minimum absolute atomic E-state index is 0.308. The lowest BCUT2D eigenvalue weighted by Crippen LogP contribution is -2.21. The number of aromatic nitrogens is 1. The molecule has 0 spiro atoms. The Balaban J connectivity index is 2.41. The minimum Gasteiger partial charge on any atom is -0.443 e. The van der Waals surface area contributed by atoms with Crippen LogP contribution in [0.4, 0.5) is 0 Å². The molecule has 3 nitrogen and oxygen atoms in total. The Labute approximate surface area is 94.5 Å². The molecular weight excluding hydrogens is 208 g/mol. The van der Waals surface area contributed by atoms with Gasteiger partial charge >= 0.3 is 0 Å². The Morgan fingerprint density at radius 3 is 2.93 bits per heavy atom. The van der Waals surface area contributed by atoms with Crippen LogP contribution in [0.15, 0.2) is 29.0 Å². The van der Waals surface area contributed by atoms with Crippen molar-refractivity contribution < 1.29 is 4.42 Å². The summed E-state index contributed by atoms with van der Waals surface area (Å²) in [4.78, 5) is 6.23. The SMILES string of the molecule is CN(C)C(CS)c1ccc2ncoc2c1. The quantitative estimate of drug-likeness (QED) is 0.808. The van der Waals surface area contributed by atoms with Crippen LogP contribution in [0.3, 0.4) is 0 Å². The number of rotatable bonds is 3. The first-order chi connectivity index (χ1) is 7.22. The van der Waals surface area contributed by atoms with E-state index in [1.54, 1.807) is 0 Å². The molecule has 0 amide bonds. The maximum absolute atomic E-state index is 5.28. The van der Waals surface area contributed by atoms with E-state index in [4.69, 9.17) is 4.42 Å². The van der Waals surface area contributed by atoms with Crippen molar-refractivity contribution in [3.63, 3.8) is 0 Å². The molecule has 0 aliphatic rings. The smallest absolute Gasteiger partial charge is 0.181 e. The molecule has 4 heteroatoms. The topological polar surface area (TPSA) is 29.3 Å². The van der Waals surface area contributed by atoms with Gasteiger partial charge in [-0.1, -0.05) is 6.07 Å². The lowest BCUT2D eigenvalue weighted by Gasteiger charge is -2.22. The Kier molecular flexibility index (Phi) is 2.98. The summed E-state index contributed by atoms with van der Waals surface area (Å²) < 4.78 is 5.28. The summed E-state index contributed by atoms with van der Waals surface area (Å²) in [5.41, 5.74) is 2.94. The third kappa shape index (κ3) is 2.01. The highest BCUT2D eigenvalue weighted by Crippen LogP contribution is 2.23. The third-order valence-electron chi connectivity index (χ3n) is 2.54. The van der Waals surface area contributed by atoms with Crippen LogP contribution in [0.1, 0.15) is 11.6 Å². The Hall–Kier alpha value is -1.00. The first-order valence-electron chi connectivity index (χ1n) is 4.83. The molecule has 2 aromatic rings. The molecule has 1 aromatic heterocycles. The molecular formula is C11H14N2OS. The van der Waals surface area contributed by atoms with E-state index in [0.717, 1.165) is 16.9 Å². The van der Waals surface area contributed by atoms with Crippen molar-refractivity contribution in [1.29, 1.82) is 0 Å². The van der Waals surface area contributed by atoms with Crippen LogP contribution < -0.4 is 0 Å². The second-order valence-electron chi connectivity index (χ2n) is 3.74. The van der Waals surface area contributed by atoms with Crippen LogP contribution in [0.5, 0.6) is 0 Å². The van der Waals surface area contributed by atoms with E-state index < -0.39 is 0 Å². The summed E-state index contributed by atoms with van der Waals surface area (Å²) in [6.07, 6.45) is 1.47. The molecule has 0 N–H and O–H groups in total. The predicted octanol–water partition coefficient (Wildman–Crippen LogP) is 2.36. The zero-order valence-corrected chi connectivity index (χ0v) is 9.74. The van der Waals surface area contributed by atoms with Crippen molar-refractivity contribution in [3.8, 4) is 0 Å². The highest BCUT2D eigenvalue weighted by atomic mass is 32.1. The van der Waals surface area contributed by atoms with Gasteiger partial charge in [-0.15, -0.1) is 0 Å². The summed E-state index contributed by atoms with van der Waals surface area (Å²) in [5, 5.41) is 0. The standard InChI is InChI=1S/C11H14N2OS/c1-13(2)10(6-15)8-3-4-9-11(5-8)14-7-12-9/h3-5,7,10,15H,6H2,1-2H3. The molecule has 0 aliphatic heterocycles. The average molecular weight is 222 g/mol. The molecule has 1 aromatic carbocycles. The average Bonchev–Trinajstić information content (AvgIpc) is 2.65. The maximum atomic E-state index is 5.28. The van der Waals surface area contributed by atoms with Crippen molar-refractivity contribution >= 4 is 23.7 Å².